The Hall–Kier alpha value is -0.860. The van der Waals surface area contributed by atoms with Crippen LogP contribution in [0.25, 0.3) is 0 Å². The number of hydrogen-bond acceptors (Lipinski definition) is 4. The van der Waals surface area contributed by atoms with Gasteiger partial charge in [0.1, 0.15) is 4.90 Å². The molecule has 1 aliphatic rings. The predicted octanol–water partition coefficient (Wildman–Crippen LogP) is 2.00. The van der Waals surface area contributed by atoms with Gasteiger partial charge in [0.15, 0.2) is 10.4 Å². The zero-order valence-corrected chi connectivity index (χ0v) is 13.7. The van der Waals surface area contributed by atoms with Gasteiger partial charge in [-0.1, -0.05) is 13.8 Å². The highest BCUT2D eigenvalue weighted by atomic mass is 79.9. The van der Waals surface area contributed by atoms with E-state index in [1.807, 2.05) is 0 Å². The van der Waals surface area contributed by atoms with Crippen molar-refractivity contribution in [3.05, 3.63) is 16.5 Å². The minimum absolute atomic E-state index is 0.0584. The molecule has 0 saturated heterocycles. The van der Waals surface area contributed by atoms with E-state index in [4.69, 9.17) is 9.56 Å². The summed E-state index contributed by atoms with van der Waals surface area (Å²) < 4.78 is 27.6. The Morgan fingerprint density at radius 1 is 1.55 bits per heavy atom. The van der Waals surface area contributed by atoms with E-state index >= 15 is 0 Å². The van der Waals surface area contributed by atoms with Crippen LogP contribution in [-0.4, -0.2) is 20.4 Å². The molecule has 1 aromatic rings. The second-order valence-electron chi connectivity index (χ2n) is 5.87. The predicted molar refractivity (Wildman–Crippen MR) is 76.7 cm³/mol. The molecule has 0 bridgehead atoms. The summed E-state index contributed by atoms with van der Waals surface area (Å²) in [5, 5.41) is 7.87. The average molecular weight is 365 g/mol. The molecule has 2 rings (SSSR count). The van der Waals surface area contributed by atoms with Gasteiger partial charge in [-0.3, -0.25) is 4.79 Å². The first-order chi connectivity index (χ1) is 9.08. The van der Waals surface area contributed by atoms with Gasteiger partial charge in [0.2, 0.25) is 10.0 Å². The van der Waals surface area contributed by atoms with Crippen LogP contribution in [0.2, 0.25) is 0 Å². The normalized spacial score (nSPS) is 21.9. The molecule has 1 amide bonds. The minimum Gasteiger partial charge on any atom is -0.443 e. The third kappa shape index (κ3) is 3.42. The van der Waals surface area contributed by atoms with Crippen molar-refractivity contribution >= 4 is 31.9 Å². The van der Waals surface area contributed by atoms with Crippen molar-refractivity contribution in [2.24, 2.45) is 10.6 Å². The Morgan fingerprint density at radius 3 is 2.65 bits per heavy atom. The first kappa shape index (κ1) is 15.5. The van der Waals surface area contributed by atoms with E-state index in [-0.39, 0.29) is 26.8 Å². The molecular formula is C12H17BrN2O4S. The molecule has 20 heavy (non-hydrogen) atoms. The van der Waals surface area contributed by atoms with E-state index in [0.717, 1.165) is 25.3 Å². The van der Waals surface area contributed by atoms with E-state index in [2.05, 4.69) is 35.1 Å². The molecular weight excluding hydrogens is 348 g/mol. The lowest BCUT2D eigenvalue weighted by Crippen LogP contribution is -2.33. The molecule has 1 atom stereocenters. The van der Waals surface area contributed by atoms with Crippen LogP contribution in [0.3, 0.4) is 0 Å². The van der Waals surface area contributed by atoms with Gasteiger partial charge in [-0.25, -0.2) is 13.6 Å². The summed E-state index contributed by atoms with van der Waals surface area (Å²) in [6.45, 7) is 4.31. The zero-order chi connectivity index (χ0) is 15.1. The molecule has 0 aliphatic heterocycles. The van der Waals surface area contributed by atoms with Crippen molar-refractivity contribution in [3.8, 4) is 0 Å². The van der Waals surface area contributed by atoms with Crippen molar-refractivity contribution in [3.63, 3.8) is 0 Å². The van der Waals surface area contributed by atoms with Gasteiger partial charge in [-0.15, -0.1) is 0 Å². The summed E-state index contributed by atoms with van der Waals surface area (Å²) in [5.74, 6) is -0.492. The van der Waals surface area contributed by atoms with Crippen LogP contribution in [0.1, 0.15) is 43.7 Å². The standard InChI is InChI=1S/C12H17BrN2O4S/c1-12(2)4-3-7(6-12)15-11(16)8-5-9(10(13)19-8)20(14,17)18/h5,7H,3-4,6H2,1-2H3,(H,15,16)(H2,14,17,18). The number of primary sulfonamides is 1. The van der Waals surface area contributed by atoms with Crippen LogP contribution in [-0.2, 0) is 10.0 Å². The maximum Gasteiger partial charge on any atom is 0.287 e. The second-order valence-corrected chi connectivity index (χ2v) is 8.12. The van der Waals surface area contributed by atoms with E-state index in [1.165, 1.54) is 0 Å². The topological polar surface area (TPSA) is 102 Å². The highest BCUT2D eigenvalue weighted by Crippen LogP contribution is 2.37. The lowest BCUT2D eigenvalue weighted by molar-refractivity contribution is 0.0906. The molecule has 8 heteroatoms. The SMILES string of the molecule is CC1(C)CCC(NC(=O)c2cc(S(N)(=O)=O)c(Br)o2)C1. The van der Waals surface area contributed by atoms with Crippen molar-refractivity contribution in [1.82, 2.24) is 5.32 Å². The van der Waals surface area contributed by atoms with Crippen molar-refractivity contribution in [2.75, 3.05) is 0 Å². The number of rotatable bonds is 3. The Balaban J connectivity index is 2.11. The monoisotopic (exact) mass is 364 g/mol. The van der Waals surface area contributed by atoms with Gasteiger partial charge < -0.3 is 9.73 Å². The lowest BCUT2D eigenvalue weighted by Gasteiger charge is -2.17. The summed E-state index contributed by atoms with van der Waals surface area (Å²) in [4.78, 5) is 11.8. The molecule has 3 N–H and O–H groups in total. The molecule has 112 valence electrons. The molecule has 1 saturated carbocycles. The number of furan rings is 1. The number of nitrogens with one attached hydrogen (secondary N) is 1. The first-order valence-electron chi connectivity index (χ1n) is 6.21. The average Bonchev–Trinajstić information content (AvgIpc) is 2.81. The summed E-state index contributed by atoms with van der Waals surface area (Å²) in [7, 11) is -3.91. The molecule has 6 nitrogen and oxygen atoms in total. The van der Waals surface area contributed by atoms with E-state index in [0.29, 0.717) is 0 Å². The zero-order valence-electron chi connectivity index (χ0n) is 11.3. The highest BCUT2D eigenvalue weighted by molar-refractivity contribution is 9.10. The number of sulfonamides is 1. The first-order valence-corrected chi connectivity index (χ1v) is 8.55. The number of carbonyl (C=O) groups excluding carboxylic acids is 1. The van der Waals surface area contributed by atoms with E-state index in [1.54, 1.807) is 0 Å². The van der Waals surface area contributed by atoms with E-state index in [9.17, 15) is 13.2 Å². The maximum absolute atomic E-state index is 12.0. The molecule has 1 aromatic heterocycles. The fourth-order valence-corrected chi connectivity index (χ4v) is 3.98. The van der Waals surface area contributed by atoms with Crippen LogP contribution in [0, 0.1) is 5.41 Å². The molecule has 1 unspecified atom stereocenters. The molecule has 1 aliphatic carbocycles. The fourth-order valence-electron chi connectivity index (χ4n) is 2.47. The fraction of sp³-hybridized carbons (Fsp3) is 0.583. The number of nitrogens with two attached hydrogens (primary N) is 1. The van der Waals surface area contributed by atoms with Crippen molar-refractivity contribution < 1.29 is 17.6 Å². The van der Waals surface area contributed by atoms with Crippen LogP contribution in [0.5, 0.6) is 0 Å². The summed E-state index contributed by atoms with van der Waals surface area (Å²) in [6, 6.07) is 1.22. The van der Waals surface area contributed by atoms with Crippen LogP contribution < -0.4 is 10.5 Å². The van der Waals surface area contributed by atoms with Gasteiger partial charge in [0.25, 0.3) is 5.91 Å². The van der Waals surface area contributed by atoms with Crippen LogP contribution >= 0.6 is 15.9 Å². The van der Waals surface area contributed by atoms with E-state index < -0.39 is 15.9 Å². The van der Waals surface area contributed by atoms with Gasteiger partial charge in [0.05, 0.1) is 0 Å². The number of amides is 1. The number of hydrogen-bond donors (Lipinski definition) is 2. The van der Waals surface area contributed by atoms with Gasteiger partial charge in [0, 0.05) is 12.1 Å². The highest BCUT2D eigenvalue weighted by Gasteiger charge is 2.32. The minimum atomic E-state index is -3.91. The number of halogens is 1. The molecule has 0 aromatic carbocycles. The maximum atomic E-state index is 12.0. The summed E-state index contributed by atoms with van der Waals surface area (Å²) >= 11 is 2.95. The summed E-state index contributed by atoms with van der Waals surface area (Å²) in [5.41, 5.74) is 0.216. The quantitative estimate of drug-likeness (QED) is 0.855. The lowest BCUT2D eigenvalue weighted by atomic mass is 9.92. The van der Waals surface area contributed by atoms with Crippen LogP contribution in [0.4, 0.5) is 0 Å². The van der Waals surface area contributed by atoms with Gasteiger partial charge >= 0.3 is 0 Å². The Kier molecular flexibility index (Phi) is 4.01. The van der Waals surface area contributed by atoms with Gasteiger partial charge in [-0.2, -0.15) is 0 Å². The van der Waals surface area contributed by atoms with Crippen molar-refractivity contribution in [2.45, 2.75) is 44.0 Å². The molecule has 1 heterocycles. The number of carbonyl (C=O) groups is 1. The Labute approximate surface area is 126 Å². The molecule has 0 radical (unpaired) electrons. The smallest absolute Gasteiger partial charge is 0.287 e. The molecule has 0 spiro atoms. The van der Waals surface area contributed by atoms with Crippen molar-refractivity contribution in [1.29, 1.82) is 0 Å². The largest absolute Gasteiger partial charge is 0.443 e. The second kappa shape index (κ2) is 5.16. The Bertz CT molecular complexity index is 636. The summed E-state index contributed by atoms with van der Waals surface area (Å²) in [6.07, 6.45) is 2.84. The van der Waals surface area contributed by atoms with Gasteiger partial charge in [-0.05, 0) is 40.6 Å². The third-order valence-electron chi connectivity index (χ3n) is 3.49. The Morgan fingerprint density at radius 2 is 2.20 bits per heavy atom. The van der Waals surface area contributed by atoms with Crippen LogP contribution in [0.15, 0.2) is 20.0 Å². The molecule has 1 fully saturated rings. The third-order valence-corrected chi connectivity index (χ3v) is 5.26.